The minimum atomic E-state index is -0.566. The molecular weight excluding hydrogens is 342 g/mol. The monoisotopic (exact) mass is 363 g/mol. The van der Waals surface area contributed by atoms with Crippen LogP contribution in [0, 0.1) is 16.7 Å². The zero-order valence-electron chi connectivity index (χ0n) is 15.3. The van der Waals surface area contributed by atoms with Crippen LogP contribution in [-0.4, -0.2) is 37.6 Å². The third kappa shape index (κ3) is 2.24. The fourth-order valence-electron chi connectivity index (χ4n) is 4.62. The topological polar surface area (TPSA) is 111 Å². The van der Waals surface area contributed by atoms with Crippen LogP contribution < -0.4 is 10.6 Å². The van der Waals surface area contributed by atoms with Gasteiger partial charge in [0.1, 0.15) is 11.2 Å². The number of nitrogens with one attached hydrogen (secondary N) is 3. The van der Waals surface area contributed by atoms with Gasteiger partial charge < -0.3 is 20.2 Å². The molecule has 0 aromatic carbocycles. The number of carbonyl (C=O) groups excluding carboxylic acids is 1. The maximum atomic E-state index is 12.2. The number of pyridine rings is 1. The molecule has 6 rings (SSSR count). The number of rotatable bonds is 4. The van der Waals surface area contributed by atoms with Gasteiger partial charge in [0.05, 0.1) is 35.1 Å². The zero-order valence-corrected chi connectivity index (χ0v) is 15.3. The van der Waals surface area contributed by atoms with Crippen molar-refractivity contribution in [2.75, 3.05) is 6.54 Å². The Kier molecular flexibility index (Phi) is 2.99. The van der Waals surface area contributed by atoms with Crippen molar-refractivity contribution in [3.05, 3.63) is 24.8 Å². The van der Waals surface area contributed by atoms with E-state index in [1.807, 2.05) is 32.4 Å². The van der Waals surface area contributed by atoms with E-state index in [1.165, 1.54) is 0 Å². The molecule has 2 bridgehead atoms. The van der Waals surface area contributed by atoms with Gasteiger partial charge in [0.15, 0.2) is 0 Å². The Balaban J connectivity index is 1.31. The molecule has 0 spiro atoms. The summed E-state index contributed by atoms with van der Waals surface area (Å²) < 4.78 is 2.26. The van der Waals surface area contributed by atoms with E-state index in [0.717, 1.165) is 41.3 Å². The number of amides is 2. The van der Waals surface area contributed by atoms with E-state index < -0.39 is 5.41 Å². The number of imidazole rings is 1. The van der Waals surface area contributed by atoms with Gasteiger partial charge in [0, 0.05) is 23.7 Å². The lowest BCUT2D eigenvalue weighted by Crippen LogP contribution is -2.79. The predicted octanol–water partition coefficient (Wildman–Crippen LogP) is 2.39. The lowest BCUT2D eigenvalue weighted by Gasteiger charge is -2.70. The third-order valence-electron chi connectivity index (χ3n) is 5.98. The molecule has 0 saturated heterocycles. The van der Waals surface area contributed by atoms with Gasteiger partial charge >= 0.3 is 6.03 Å². The number of aromatic amines is 1. The highest BCUT2D eigenvalue weighted by atomic mass is 16.2. The standard InChI is InChI=1S/C19H21N7O/c1-17(2,9-20)10-23-16(27)25-18-6-19(7-18,8-18)26-11-24-13-5-22-15-12(14(13)26)3-4-21-15/h3-5,11H,6-8,10H2,1-2H3,(H,21,22)(H2,23,25,27). The van der Waals surface area contributed by atoms with Crippen LogP contribution >= 0.6 is 0 Å². The molecule has 0 unspecified atom stereocenters. The van der Waals surface area contributed by atoms with Gasteiger partial charge in [-0.2, -0.15) is 5.26 Å². The van der Waals surface area contributed by atoms with Crippen molar-refractivity contribution < 1.29 is 4.79 Å². The van der Waals surface area contributed by atoms with E-state index in [-0.39, 0.29) is 17.1 Å². The highest BCUT2D eigenvalue weighted by Crippen LogP contribution is 2.65. The lowest BCUT2D eigenvalue weighted by atomic mass is 9.44. The van der Waals surface area contributed by atoms with Crippen LogP contribution in [0.25, 0.3) is 22.1 Å². The van der Waals surface area contributed by atoms with Crippen LogP contribution in [0.5, 0.6) is 0 Å². The summed E-state index contributed by atoms with van der Waals surface area (Å²) in [4.78, 5) is 24.3. The first-order chi connectivity index (χ1) is 12.9. The Morgan fingerprint density at radius 2 is 2.19 bits per heavy atom. The summed E-state index contributed by atoms with van der Waals surface area (Å²) in [5, 5.41) is 16.1. The smallest absolute Gasteiger partial charge is 0.315 e. The number of H-pyrrole nitrogens is 1. The molecule has 3 heterocycles. The molecule has 27 heavy (non-hydrogen) atoms. The summed E-state index contributed by atoms with van der Waals surface area (Å²) in [5.41, 5.74) is 2.19. The summed E-state index contributed by atoms with van der Waals surface area (Å²) in [6, 6.07) is 4.03. The molecule has 0 atom stereocenters. The van der Waals surface area contributed by atoms with Gasteiger partial charge in [0.25, 0.3) is 0 Å². The van der Waals surface area contributed by atoms with Gasteiger partial charge in [-0.15, -0.1) is 0 Å². The molecule has 8 nitrogen and oxygen atoms in total. The Morgan fingerprint density at radius 3 is 2.93 bits per heavy atom. The maximum absolute atomic E-state index is 12.2. The van der Waals surface area contributed by atoms with Crippen LogP contribution in [0.4, 0.5) is 4.79 Å². The first-order valence-corrected chi connectivity index (χ1v) is 9.12. The minimum Gasteiger partial charge on any atom is -0.346 e. The van der Waals surface area contributed by atoms with Gasteiger partial charge in [-0.1, -0.05) is 0 Å². The molecule has 3 aliphatic rings. The molecule has 8 heteroatoms. The number of fused-ring (bicyclic) bond motifs is 3. The van der Waals surface area contributed by atoms with E-state index in [4.69, 9.17) is 5.26 Å². The zero-order chi connectivity index (χ0) is 18.9. The second kappa shape index (κ2) is 5.00. The van der Waals surface area contributed by atoms with E-state index in [9.17, 15) is 4.79 Å². The van der Waals surface area contributed by atoms with E-state index in [2.05, 4.69) is 36.2 Å². The Hall–Kier alpha value is -3.08. The van der Waals surface area contributed by atoms with Crippen molar-refractivity contribution in [1.29, 1.82) is 5.26 Å². The Labute approximate surface area is 156 Å². The number of hydrogen-bond acceptors (Lipinski definition) is 4. The van der Waals surface area contributed by atoms with E-state index in [0.29, 0.717) is 6.54 Å². The van der Waals surface area contributed by atoms with Crippen molar-refractivity contribution in [1.82, 2.24) is 30.2 Å². The van der Waals surface area contributed by atoms with Crippen molar-refractivity contribution in [2.24, 2.45) is 5.41 Å². The Bertz CT molecular complexity index is 1100. The average molecular weight is 363 g/mol. The van der Waals surface area contributed by atoms with Gasteiger partial charge in [-0.05, 0) is 39.2 Å². The van der Waals surface area contributed by atoms with Gasteiger partial charge in [-0.3, -0.25) is 0 Å². The second-order valence-corrected chi connectivity index (χ2v) is 8.68. The third-order valence-corrected chi connectivity index (χ3v) is 5.98. The molecule has 3 N–H and O–H groups in total. The summed E-state index contributed by atoms with van der Waals surface area (Å²) in [5.74, 6) is 0. The summed E-state index contributed by atoms with van der Waals surface area (Å²) in [6.45, 7) is 3.95. The molecule has 3 saturated carbocycles. The van der Waals surface area contributed by atoms with Crippen molar-refractivity contribution in [3.8, 4) is 6.07 Å². The number of hydrogen-bond donors (Lipinski definition) is 3. The van der Waals surface area contributed by atoms with E-state index in [1.54, 1.807) is 6.20 Å². The largest absolute Gasteiger partial charge is 0.346 e. The molecule has 3 fully saturated rings. The van der Waals surface area contributed by atoms with Gasteiger partial charge in [-0.25, -0.2) is 14.8 Å². The summed E-state index contributed by atoms with van der Waals surface area (Å²) >= 11 is 0. The lowest BCUT2D eigenvalue weighted by molar-refractivity contribution is -0.128. The first kappa shape index (κ1) is 16.1. The SMILES string of the molecule is CC(C)(C#N)CNC(=O)NC12CC(n3cnc4cnc5[nH]ccc5c43)(C1)C2. The molecule has 0 radical (unpaired) electrons. The fourth-order valence-corrected chi connectivity index (χ4v) is 4.62. The van der Waals surface area contributed by atoms with Crippen LogP contribution in [0.2, 0.25) is 0 Å². The van der Waals surface area contributed by atoms with Gasteiger partial charge in [0.2, 0.25) is 0 Å². The average Bonchev–Trinajstić information content (AvgIpc) is 3.21. The predicted molar refractivity (Wildman–Crippen MR) is 99.9 cm³/mol. The normalized spacial score (nSPS) is 26.3. The van der Waals surface area contributed by atoms with E-state index >= 15 is 0 Å². The highest BCUT2D eigenvalue weighted by Gasteiger charge is 2.70. The fraction of sp³-hybridized carbons (Fsp3) is 0.474. The number of carbonyl (C=O) groups is 1. The van der Waals surface area contributed by atoms with Crippen LogP contribution in [0.15, 0.2) is 24.8 Å². The Morgan fingerprint density at radius 1 is 1.41 bits per heavy atom. The molecule has 138 valence electrons. The number of urea groups is 1. The molecular formula is C19H21N7O. The second-order valence-electron chi connectivity index (χ2n) is 8.68. The molecule has 3 aliphatic carbocycles. The molecule has 2 amide bonds. The molecule has 3 aromatic heterocycles. The van der Waals surface area contributed by atoms with Crippen molar-refractivity contribution >= 4 is 28.1 Å². The first-order valence-electron chi connectivity index (χ1n) is 9.12. The van der Waals surface area contributed by atoms with Crippen LogP contribution in [-0.2, 0) is 5.54 Å². The quantitative estimate of drug-likeness (QED) is 0.661. The van der Waals surface area contributed by atoms with Crippen molar-refractivity contribution in [2.45, 2.75) is 44.2 Å². The highest BCUT2D eigenvalue weighted by molar-refractivity contribution is 6.01. The minimum absolute atomic E-state index is 0.0273. The summed E-state index contributed by atoms with van der Waals surface area (Å²) in [6.07, 6.45) is 8.29. The molecule has 0 aliphatic heterocycles. The van der Waals surface area contributed by atoms with Crippen LogP contribution in [0.3, 0.4) is 0 Å². The number of nitrogens with zero attached hydrogens (tertiary/aromatic N) is 4. The number of nitriles is 1. The van der Waals surface area contributed by atoms with Crippen LogP contribution in [0.1, 0.15) is 33.1 Å². The molecule has 3 aromatic rings. The number of aromatic nitrogens is 4. The summed E-state index contributed by atoms with van der Waals surface area (Å²) in [7, 11) is 0. The van der Waals surface area contributed by atoms with Crippen molar-refractivity contribution in [3.63, 3.8) is 0 Å². The maximum Gasteiger partial charge on any atom is 0.315 e.